The highest BCUT2D eigenvalue weighted by Crippen LogP contribution is 2.17. The Labute approximate surface area is 139 Å². The van der Waals surface area contributed by atoms with Gasteiger partial charge in [0.2, 0.25) is 21.9 Å². The molecule has 3 rings (SSSR count). The molecule has 1 aromatic carbocycles. The maximum atomic E-state index is 12.9. The molecule has 1 saturated heterocycles. The maximum absolute atomic E-state index is 12.9. The van der Waals surface area contributed by atoms with E-state index in [0.717, 1.165) is 0 Å². The molecule has 0 unspecified atom stereocenters. The van der Waals surface area contributed by atoms with Crippen LogP contribution in [0.4, 0.5) is 16.3 Å². The molecule has 0 radical (unpaired) electrons. The van der Waals surface area contributed by atoms with Gasteiger partial charge in [0.15, 0.2) is 0 Å². The second-order valence-corrected chi connectivity index (χ2v) is 7.54. The molecule has 24 heavy (non-hydrogen) atoms. The fraction of sp³-hybridized carbons (Fsp3) is 0.429. The van der Waals surface area contributed by atoms with Crippen molar-refractivity contribution >= 4 is 21.9 Å². The summed E-state index contributed by atoms with van der Waals surface area (Å²) in [5, 5.41) is 6.58. The van der Waals surface area contributed by atoms with E-state index in [1.165, 1.54) is 24.3 Å². The number of benzene rings is 1. The monoisotopic (exact) mass is 354 g/mol. The van der Waals surface area contributed by atoms with E-state index in [0.29, 0.717) is 37.4 Å². The predicted octanol–water partition coefficient (Wildman–Crippen LogP) is 0.614. The third kappa shape index (κ3) is 4.20. The molecule has 8 nitrogen and oxygen atoms in total. The van der Waals surface area contributed by atoms with Crippen LogP contribution >= 0.6 is 0 Å². The molecule has 0 atom stereocenters. The zero-order chi connectivity index (χ0) is 17.2. The lowest BCUT2D eigenvalue weighted by molar-refractivity contribution is 0.456. The van der Waals surface area contributed by atoms with Crippen LogP contribution in [0.15, 0.2) is 24.3 Å². The molecule has 0 amide bonds. The van der Waals surface area contributed by atoms with Crippen LogP contribution in [-0.4, -0.2) is 42.7 Å². The smallest absolute Gasteiger partial charge is 0.246 e. The quantitative estimate of drug-likeness (QED) is 0.724. The normalized spacial score (nSPS) is 16.5. The lowest BCUT2D eigenvalue weighted by Crippen LogP contribution is -2.45. The Morgan fingerprint density at radius 1 is 1.29 bits per heavy atom. The molecule has 10 heteroatoms. The zero-order valence-corrected chi connectivity index (χ0v) is 13.8. The summed E-state index contributed by atoms with van der Waals surface area (Å²) in [4.78, 5) is 6.02. The highest BCUT2D eigenvalue weighted by atomic mass is 32.2. The number of rotatable bonds is 5. The first-order chi connectivity index (χ1) is 11.4. The molecule has 0 saturated carbocycles. The Balaban J connectivity index is 1.54. The fourth-order valence-corrected chi connectivity index (χ4v) is 4.16. The number of nitrogens with one attached hydrogen (secondary N) is 2. The number of aromatic nitrogens is 3. The van der Waals surface area contributed by atoms with Gasteiger partial charge in [-0.05, 0) is 30.5 Å². The Bertz CT molecular complexity index is 784. The summed E-state index contributed by atoms with van der Waals surface area (Å²) in [5.41, 5.74) is 6.06. The first-order valence-electron chi connectivity index (χ1n) is 7.58. The van der Waals surface area contributed by atoms with Crippen molar-refractivity contribution in [3.8, 4) is 0 Å². The number of halogens is 1. The van der Waals surface area contributed by atoms with Crippen LogP contribution in [0.25, 0.3) is 0 Å². The summed E-state index contributed by atoms with van der Waals surface area (Å²) in [5.74, 6) is 0.238. The van der Waals surface area contributed by atoms with Crippen LogP contribution < -0.4 is 15.4 Å². The summed E-state index contributed by atoms with van der Waals surface area (Å²) in [6.07, 6.45) is 1.30. The number of anilines is 2. The Morgan fingerprint density at radius 2 is 1.96 bits per heavy atom. The van der Waals surface area contributed by atoms with E-state index in [1.807, 2.05) is 4.90 Å². The van der Waals surface area contributed by atoms with Gasteiger partial charge in [-0.15, -0.1) is 5.10 Å². The van der Waals surface area contributed by atoms with Gasteiger partial charge in [-0.25, -0.2) is 22.6 Å². The van der Waals surface area contributed by atoms with E-state index in [4.69, 9.17) is 5.73 Å². The van der Waals surface area contributed by atoms with Crippen molar-refractivity contribution in [2.24, 2.45) is 0 Å². The van der Waals surface area contributed by atoms with Crippen LogP contribution in [0.5, 0.6) is 0 Å². The third-order valence-corrected chi connectivity index (χ3v) is 5.29. The molecule has 1 aliphatic rings. The van der Waals surface area contributed by atoms with Crippen molar-refractivity contribution in [1.82, 2.24) is 19.9 Å². The van der Waals surface area contributed by atoms with Gasteiger partial charge in [-0.2, -0.15) is 4.98 Å². The molecule has 1 aromatic heterocycles. The lowest BCUT2D eigenvalue weighted by Gasteiger charge is -2.31. The van der Waals surface area contributed by atoms with Crippen LogP contribution in [0.2, 0.25) is 0 Å². The van der Waals surface area contributed by atoms with Crippen molar-refractivity contribution in [2.75, 3.05) is 23.7 Å². The Morgan fingerprint density at radius 3 is 2.54 bits per heavy atom. The van der Waals surface area contributed by atoms with E-state index < -0.39 is 10.0 Å². The molecular formula is C14H19FN6O2S. The average molecular weight is 354 g/mol. The van der Waals surface area contributed by atoms with Crippen molar-refractivity contribution in [3.05, 3.63) is 35.6 Å². The van der Waals surface area contributed by atoms with E-state index in [9.17, 15) is 12.8 Å². The summed E-state index contributed by atoms with van der Waals surface area (Å²) in [6.45, 7) is 1.28. The molecule has 0 spiro atoms. The molecular weight excluding hydrogens is 335 g/mol. The SMILES string of the molecule is Nc1nc(N2CCC(NS(=O)(=O)Cc3ccc(F)cc3)CC2)n[nH]1. The third-order valence-electron chi connectivity index (χ3n) is 3.88. The number of hydrogen-bond donors (Lipinski definition) is 3. The largest absolute Gasteiger partial charge is 0.368 e. The highest BCUT2D eigenvalue weighted by molar-refractivity contribution is 7.88. The van der Waals surface area contributed by atoms with Gasteiger partial charge in [0.1, 0.15) is 5.82 Å². The van der Waals surface area contributed by atoms with Gasteiger partial charge in [0.25, 0.3) is 0 Å². The van der Waals surface area contributed by atoms with Gasteiger partial charge in [-0.3, -0.25) is 0 Å². The molecule has 1 aliphatic heterocycles. The molecule has 1 fully saturated rings. The number of nitrogens with two attached hydrogens (primary N) is 1. The second kappa shape index (κ2) is 6.73. The number of nitrogen functional groups attached to an aromatic ring is 1. The van der Waals surface area contributed by atoms with E-state index in [1.54, 1.807) is 0 Å². The number of aromatic amines is 1. The zero-order valence-electron chi connectivity index (χ0n) is 12.9. The molecule has 2 heterocycles. The number of H-pyrrole nitrogens is 1. The summed E-state index contributed by atoms with van der Waals surface area (Å²) in [7, 11) is -3.47. The van der Waals surface area contributed by atoms with Crippen LogP contribution in [0.1, 0.15) is 18.4 Å². The average Bonchev–Trinajstić information content (AvgIpc) is 2.96. The number of hydrogen-bond acceptors (Lipinski definition) is 6. The molecule has 2 aromatic rings. The molecule has 0 bridgehead atoms. The minimum Gasteiger partial charge on any atom is -0.368 e. The van der Waals surface area contributed by atoms with Gasteiger partial charge >= 0.3 is 0 Å². The number of piperidine rings is 1. The van der Waals surface area contributed by atoms with Crippen LogP contribution in [-0.2, 0) is 15.8 Å². The first-order valence-corrected chi connectivity index (χ1v) is 9.24. The van der Waals surface area contributed by atoms with E-state index in [2.05, 4.69) is 19.9 Å². The van der Waals surface area contributed by atoms with Crippen LogP contribution in [0.3, 0.4) is 0 Å². The van der Waals surface area contributed by atoms with Crippen molar-refractivity contribution in [1.29, 1.82) is 0 Å². The van der Waals surface area contributed by atoms with Gasteiger partial charge in [0, 0.05) is 19.1 Å². The minimum absolute atomic E-state index is 0.136. The molecule has 4 N–H and O–H groups in total. The Kier molecular flexibility index (Phi) is 4.67. The fourth-order valence-electron chi connectivity index (χ4n) is 2.70. The van der Waals surface area contributed by atoms with Crippen molar-refractivity contribution in [2.45, 2.75) is 24.6 Å². The molecule has 0 aliphatic carbocycles. The standard InChI is InChI=1S/C14H19FN6O2S/c15-11-3-1-10(2-4-11)9-24(22,23)20-12-5-7-21(8-6-12)14-17-13(16)18-19-14/h1-4,12,20H,5-9H2,(H3,16,17,18,19). The highest BCUT2D eigenvalue weighted by Gasteiger charge is 2.25. The van der Waals surface area contributed by atoms with E-state index >= 15 is 0 Å². The van der Waals surface area contributed by atoms with E-state index in [-0.39, 0.29) is 23.6 Å². The number of sulfonamides is 1. The topological polar surface area (TPSA) is 117 Å². The first kappa shape index (κ1) is 16.7. The predicted molar refractivity (Wildman–Crippen MR) is 88.2 cm³/mol. The Hall–Kier alpha value is -2.20. The van der Waals surface area contributed by atoms with Crippen LogP contribution in [0, 0.1) is 5.82 Å². The van der Waals surface area contributed by atoms with Gasteiger partial charge in [-0.1, -0.05) is 12.1 Å². The minimum atomic E-state index is -3.47. The number of nitrogens with zero attached hydrogens (tertiary/aromatic N) is 3. The second-order valence-electron chi connectivity index (χ2n) is 5.79. The summed E-state index contributed by atoms with van der Waals surface area (Å²) in [6, 6.07) is 5.33. The van der Waals surface area contributed by atoms with Gasteiger partial charge < -0.3 is 10.6 Å². The maximum Gasteiger partial charge on any atom is 0.246 e. The van der Waals surface area contributed by atoms with Crippen molar-refractivity contribution in [3.63, 3.8) is 0 Å². The lowest BCUT2D eigenvalue weighted by atomic mass is 10.1. The van der Waals surface area contributed by atoms with Gasteiger partial charge in [0.05, 0.1) is 5.75 Å². The molecule has 130 valence electrons. The van der Waals surface area contributed by atoms with Crippen molar-refractivity contribution < 1.29 is 12.8 Å². The summed E-state index contributed by atoms with van der Waals surface area (Å²) < 4.78 is 40.1. The summed E-state index contributed by atoms with van der Waals surface area (Å²) >= 11 is 0.